The molecule has 0 aromatic rings. The lowest BCUT2D eigenvalue weighted by Crippen LogP contribution is -2.30. The monoisotopic (exact) mass is 211 g/mol. The number of carboxylic acids is 1. The zero-order valence-corrected chi connectivity index (χ0v) is 9.73. The first-order valence-corrected chi connectivity index (χ1v) is 5.04. The molecule has 0 fully saturated rings. The summed E-state index contributed by atoms with van der Waals surface area (Å²) >= 11 is 0. The number of hydrogen-bond acceptors (Lipinski definition) is 2. The van der Waals surface area contributed by atoms with E-state index in [1.807, 2.05) is 26.8 Å². The van der Waals surface area contributed by atoms with E-state index in [0.29, 0.717) is 6.42 Å². The van der Waals surface area contributed by atoms with Crippen molar-refractivity contribution in [1.29, 1.82) is 0 Å². The highest BCUT2D eigenvalue weighted by Crippen LogP contribution is 2.06. The molecule has 86 valence electrons. The number of hydrogen-bond donors (Lipinski definition) is 2. The molecule has 0 amide bonds. The van der Waals surface area contributed by atoms with Crippen LogP contribution in [0.1, 0.15) is 27.2 Å². The smallest absolute Gasteiger partial charge is 0.320 e. The third kappa shape index (κ3) is 8.97. The summed E-state index contributed by atoms with van der Waals surface area (Å²) in [6, 6.07) is -0.833. The van der Waals surface area contributed by atoms with E-state index in [2.05, 4.69) is 6.58 Å². The average molecular weight is 211 g/mol. The lowest BCUT2D eigenvalue weighted by atomic mass is 10.1. The van der Waals surface area contributed by atoms with Crippen LogP contribution in [0.2, 0.25) is 0 Å². The fourth-order valence-electron chi connectivity index (χ4n) is 0.815. The lowest BCUT2D eigenvalue weighted by molar-refractivity contribution is -0.138. The van der Waals surface area contributed by atoms with Crippen molar-refractivity contribution in [3.63, 3.8) is 0 Å². The summed E-state index contributed by atoms with van der Waals surface area (Å²) in [5.41, 5.74) is 6.26. The number of carbonyl (C=O) groups is 1. The van der Waals surface area contributed by atoms with Crippen LogP contribution in [0.5, 0.6) is 0 Å². The molecule has 0 bridgehead atoms. The number of carboxylic acid groups (broad SMARTS) is 1. The summed E-state index contributed by atoms with van der Waals surface area (Å²) in [4.78, 5) is 10.4. The Morgan fingerprint density at radius 3 is 2.40 bits per heavy atom. The van der Waals surface area contributed by atoms with E-state index >= 15 is 0 Å². The standard InChI is InChI=1S/C10H15NO2.C2H6/c1-3-5-6-8(4-2)7-9(11)10(12)13;1-2/h3-6,9H,1,7,11H2,2H3,(H,12,13);1-2H3/b6-5-,8-4+;. The maximum Gasteiger partial charge on any atom is 0.320 e. The minimum absolute atomic E-state index is 0.343. The molecular formula is C12H21NO2. The van der Waals surface area contributed by atoms with Crippen molar-refractivity contribution in [2.24, 2.45) is 5.73 Å². The van der Waals surface area contributed by atoms with Gasteiger partial charge in [0.25, 0.3) is 0 Å². The molecule has 0 aromatic heterocycles. The molecule has 0 saturated heterocycles. The van der Waals surface area contributed by atoms with Crippen LogP contribution in [0.4, 0.5) is 0 Å². The molecule has 3 N–H and O–H groups in total. The summed E-state index contributed by atoms with van der Waals surface area (Å²) in [6.45, 7) is 9.36. The predicted octanol–water partition coefficient (Wildman–Crippen LogP) is 2.50. The second kappa shape index (κ2) is 10.7. The number of nitrogens with two attached hydrogens (primary N) is 1. The molecule has 0 saturated carbocycles. The Kier molecular flexibility index (Phi) is 11.5. The fraction of sp³-hybridized carbons (Fsp3) is 0.417. The Morgan fingerprint density at radius 1 is 1.53 bits per heavy atom. The van der Waals surface area contributed by atoms with E-state index in [4.69, 9.17) is 10.8 Å². The van der Waals surface area contributed by atoms with Crippen LogP contribution < -0.4 is 5.73 Å². The van der Waals surface area contributed by atoms with Crippen molar-refractivity contribution in [2.75, 3.05) is 0 Å². The highest BCUT2D eigenvalue weighted by molar-refractivity contribution is 5.73. The number of rotatable bonds is 5. The van der Waals surface area contributed by atoms with Crippen molar-refractivity contribution in [3.05, 3.63) is 36.5 Å². The van der Waals surface area contributed by atoms with Gasteiger partial charge in [0.05, 0.1) is 0 Å². The summed E-state index contributed by atoms with van der Waals surface area (Å²) in [5.74, 6) is -0.980. The van der Waals surface area contributed by atoms with Crippen LogP contribution in [-0.2, 0) is 4.79 Å². The third-order valence-corrected chi connectivity index (χ3v) is 1.59. The molecule has 1 unspecified atom stereocenters. The van der Waals surface area contributed by atoms with Gasteiger partial charge in [-0.05, 0) is 13.3 Å². The van der Waals surface area contributed by atoms with Crippen molar-refractivity contribution < 1.29 is 9.90 Å². The molecular weight excluding hydrogens is 190 g/mol. The van der Waals surface area contributed by atoms with Gasteiger partial charge in [0.1, 0.15) is 6.04 Å². The molecule has 15 heavy (non-hydrogen) atoms. The van der Waals surface area contributed by atoms with Crippen LogP contribution >= 0.6 is 0 Å². The van der Waals surface area contributed by atoms with Crippen LogP contribution in [0.3, 0.4) is 0 Å². The topological polar surface area (TPSA) is 63.3 Å². The van der Waals surface area contributed by atoms with Crippen molar-refractivity contribution >= 4 is 5.97 Å². The van der Waals surface area contributed by atoms with E-state index in [9.17, 15) is 4.79 Å². The van der Waals surface area contributed by atoms with Crippen LogP contribution in [0.15, 0.2) is 36.5 Å². The molecule has 3 heteroatoms. The van der Waals surface area contributed by atoms with Crippen molar-refractivity contribution in [1.82, 2.24) is 0 Å². The molecule has 0 radical (unpaired) electrons. The molecule has 0 aliphatic heterocycles. The van der Waals surface area contributed by atoms with Gasteiger partial charge in [0, 0.05) is 0 Å². The van der Waals surface area contributed by atoms with E-state index in [-0.39, 0.29) is 0 Å². The zero-order chi connectivity index (χ0) is 12.3. The molecule has 0 aliphatic carbocycles. The van der Waals surface area contributed by atoms with Gasteiger partial charge in [-0.25, -0.2) is 0 Å². The molecule has 0 aromatic carbocycles. The largest absolute Gasteiger partial charge is 0.480 e. The first-order valence-electron chi connectivity index (χ1n) is 5.04. The van der Waals surface area contributed by atoms with Gasteiger partial charge in [-0.3, -0.25) is 4.79 Å². The number of allylic oxidation sites excluding steroid dienone is 4. The van der Waals surface area contributed by atoms with E-state index in [1.165, 1.54) is 0 Å². The quantitative estimate of drug-likeness (QED) is 0.687. The van der Waals surface area contributed by atoms with Crippen LogP contribution in [0, 0.1) is 0 Å². The Hall–Kier alpha value is -1.35. The number of aliphatic carboxylic acids is 1. The SMILES string of the molecule is C=C/C=C\C(=C/C)CC(N)C(=O)O.CC. The van der Waals surface area contributed by atoms with Crippen LogP contribution in [-0.4, -0.2) is 17.1 Å². The normalized spacial score (nSPS) is 12.9. The first-order chi connectivity index (χ1) is 7.11. The van der Waals surface area contributed by atoms with Crippen LogP contribution in [0.25, 0.3) is 0 Å². The van der Waals surface area contributed by atoms with Crippen molar-refractivity contribution in [2.45, 2.75) is 33.2 Å². The van der Waals surface area contributed by atoms with Crippen molar-refractivity contribution in [3.8, 4) is 0 Å². The molecule has 0 spiro atoms. The maximum atomic E-state index is 10.4. The summed E-state index contributed by atoms with van der Waals surface area (Å²) in [5, 5.41) is 8.56. The van der Waals surface area contributed by atoms with E-state index < -0.39 is 12.0 Å². The second-order valence-corrected chi connectivity index (χ2v) is 2.61. The second-order valence-electron chi connectivity index (χ2n) is 2.61. The molecule has 1 atom stereocenters. The van der Waals surface area contributed by atoms with Gasteiger partial charge in [0.15, 0.2) is 0 Å². The average Bonchev–Trinajstić information content (AvgIpc) is 2.26. The Balaban J connectivity index is 0. The summed E-state index contributed by atoms with van der Waals surface area (Å²) < 4.78 is 0. The molecule has 3 nitrogen and oxygen atoms in total. The highest BCUT2D eigenvalue weighted by atomic mass is 16.4. The molecule has 0 rings (SSSR count). The summed E-state index contributed by atoms with van der Waals surface area (Å²) in [6.07, 6.45) is 7.37. The lowest BCUT2D eigenvalue weighted by Gasteiger charge is -2.05. The molecule has 0 heterocycles. The van der Waals surface area contributed by atoms with Gasteiger partial charge < -0.3 is 10.8 Å². The maximum absolute atomic E-state index is 10.4. The van der Waals surface area contributed by atoms with Gasteiger partial charge in [-0.15, -0.1) is 0 Å². The minimum Gasteiger partial charge on any atom is -0.480 e. The third-order valence-electron chi connectivity index (χ3n) is 1.59. The van der Waals surface area contributed by atoms with Gasteiger partial charge >= 0.3 is 5.97 Å². The fourth-order valence-corrected chi connectivity index (χ4v) is 0.815. The first kappa shape index (κ1) is 16.1. The summed E-state index contributed by atoms with van der Waals surface area (Å²) in [7, 11) is 0. The zero-order valence-electron chi connectivity index (χ0n) is 9.73. The minimum atomic E-state index is -0.980. The van der Waals surface area contributed by atoms with E-state index in [0.717, 1.165) is 5.57 Å². The van der Waals surface area contributed by atoms with Gasteiger partial charge in [-0.1, -0.05) is 50.3 Å². The van der Waals surface area contributed by atoms with E-state index in [1.54, 1.807) is 18.2 Å². The Bertz CT molecular complexity index is 242. The predicted molar refractivity (Wildman–Crippen MR) is 64.7 cm³/mol. The van der Waals surface area contributed by atoms with Gasteiger partial charge in [-0.2, -0.15) is 0 Å². The highest BCUT2D eigenvalue weighted by Gasteiger charge is 2.11. The van der Waals surface area contributed by atoms with Gasteiger partial charge in [0.2, 0.25) is 0 Å². The molecule has 0 aliphatic rings. The Labute approximate surface area is 92.0 Å². The Morgan fingerprint density at radius 2 is 2.07 bits per heavy atom.